The van der Waals surface area contributed by atoms with Crippen LogP contribution in [0.25, 0.3) is 0 Å². The SMILES string of the molecule is C=CC1CC(C(=O)OC(C)(C)C)N(NC(C)=O)C1CC(=O)N(C)Cc1ccccc1. The second-order valence-electron chi connectivity index (χ2n) is 8.77. The Balaban J connectivity index is 2.17. The molecule has 2 amide bonds. The Hall–Kier alpha value is -2.67. The van der Waals surface area contributed by atoms with Gasteiger partial charge in [0.25, 0.3) is 0 Å². The molecule has 2 rings (SSSR count). The van der Waals surface area contributed by atoms with Crippen molar-refractivity contribution in [3.05, 3.63) is 48.6 Å². The van der Waals surface area contributed by atoms with Gasteiger partial charge in [0.1, 0.15) is 11.6 Å². The molecule has 0 aliphatic carbocycles. The molecule has 0 aromatic heterocycles. The smallest absolute Gasteiger partial charge is 0.325 e. The summed E-state index contributed by atoms with van der Waals surface area (Å²) in [7, 11) is 1.75. The first-order valence-electron chi connectivity index (χ1n) is 10.2. The molecule has 1 fully saturated rings. The highest BCUT2D eigenvalue weighted by Crippen LogP contribution is 2.33. The number of benzene rings is 1. The maximum atomic E-state index is 12.9. The molecule has 1 aliphatic rings. The standard InChI is InChI=1S/C23H33N3O4/c1-7-18-13-20(22(29)30-23(3,4)5)26(24-16(2)27)19(18)14-21(28)25(6)15-17-11-9-8-10-12-17/h7-12,18-20H,1,13-15H2,2-6H3,(H,24,27). The monoisotopic (exact) mass is 415 g/mol. The van der Waals surface area contributed by atoms with Crippen molar-refractivity contribution < 1.29 is 19.1 Å². The predicted molar refractivity (Wildman–Crippen MR) is 115 cm³/mol. The number of carbonyl (C=O) groups is 3. The lowest BCUT2D eigenvalue weighted by atomic mass is 9.96. The molecule has 1 N–H and O–H groups in total. The molecule has 30 heavy (non-hydrogen) atoms. The Labute approximate surface area is 179 Å². The molecule has 1 saturated heterocycles. The molecule has 1 aliphatic heterocycles. The van der Waals surface area contributed by atoms with Crippen LogP contribution in [0, 0.1) is 5.92 Å². The van der Waals surface area contributed by atoms with Crippen LogP contribution in [0.15, 0.2) is 43.0 Å². The number of esters is 1. The molecule has 1 aromatic carbocycles. The van der Waals surface area contributed by atoms with E-state index in [-0.39, 0.29) is 30.2 Å². The maximum absolute atomic E-state index is 12.9. The van der Waals surface area contributed by atoms with Gasteiger partial charge in [-0.15, -0.1) is 6.58 Å². The zero-order valence-electron chi connectivity index (χ0n) is 18.6. The van der Waals surface area contributed by atoms with Gasteiger partial charge in [0.05, 0.1) is 0 Å². The molecule has 0 bridgehead atoms. The van der Waals surface area contributed by atoms with Gasteiger partial charge in [-0.2, -0.15) is 0 Å². The van der Waals surface area contributed by atoms with Crippen molar-refractivity contribution >= 4 is 17.8 Å². The first-order valence-corrected chi connectivity index (χ1v) is 10.2. The third kappa shape index (κ3) is 6.42. The highest BCUT2D eigenvalue weighted by atomic mass is 16.6. The van der Waals surface area contributed by atoms with Crippen LogP contribution in [0.4, 0.5) is 0 Å². The summed E-state index contributed by atoms with van der Waals surface area (Å²) >= 11 is 0. The van der Waals surface area contributed by atoms with Crippen LogP contribution in [0.5, 0.6) is 0 Å². The van der Waals surface area contributed by atoms with Crippen LogP contribution in [-0.2, 0) is 25.7 Å². The second-order valence-corrected chi connectivity index (χ2v) is 8.77. The van der Waals surface area contributed by atoms with E-state index in [1.807, 2.05) is 30.3 Å². The molecule has 3 unspecified atom stereocenters. The van der Waals surface area contributed by atoms with E-state index in [4.69, 9.17) is 4.74 Å². The molecule has 0 spiro atoms. The van der Waals surface area contributed by atoms with Gasteiger partial charge in [0.2, 0.25) is 11.8 Å². The van der Waals surface area contributed by atoms with E-state index in [1.54, 1.807) is 43.8 Å². The normalized spacial score (nSPS) is 21.7. The molecule has 7 heteroatoms. The van der Waals surface area contributed by atoms with Gasteiger partial charge in [-0.05, 0) is 38.7 Å². The number of rotatable bonds is 7. The lowest BCUT2D eigenvalue weighted by molar-refractivity contribution is -0.163. The van der Waals surface area contributed by atoms with Gasteiger partial charge in [0, 0.05) is 33.0 Å². The van der Waals surface area contributed by atoms with E-state index in [0.717, 1.165) is 5.56 Å². The van der Waals surface area contributed by atoms with Gasteiger partial charge in [-0.3, -0.25) is 19.8 Å². The van der Waals surface area contributed by atoms with Crippen molar-refractivity contribution in [3.63, 3.8) is 0 Å². The maximum Gasteiger partial charge on any atom is 0.325 e. The fourth-order valence-corrected chi connectivity index (χ4v) is 3.67. The summed E-state index contributed by atoms with van der Waals surface area (Å²) in [4.78, 5) is 39.2. The van der Waals surface area contributed by atoms with Crippen LogP contribution in [0.1, 0.15) is 46.1 Å². The zero-order chi connectivity index (χ0) is 22.5. The minimum absolute atomic E-state index is 0.0732. The van der Waals surface area contributed by atoms with Crippen molar-refractivity contribution in [1.82, 2.24) is 15.3 Å². The Bertz CT molecular complexity index is 772. The van der Waals surface area contributed by atoms with Gasteiger partial charge in [-0.1, -0.05) is 36.4 Å². The lowest BCUT2D eigenvalue weighted by Crippen LogP contribution is -2.54. The number of hydrogen-bond acceptors (Lipinski definition) is 5. The number of amides is 2. The Kier molecular flexibility index (Phi) is 7.78. The summed E-state index contributed by atoms with van der Waals surface area (Å²) in [6.45, 7) is 11.1. The number of hydrogen-bond donors (Lipinski definition) is 1. The molecule has 0 saturated carbocycles. The van der Waals surface area contributed by atoms with E-state index < -0.39 is 17.6 Å². The number of nitrogens with one attached hydrogen (secondary N) is 1. The van der Waals surface area contributed by atoms with Crippen molar-refractivity contribution in [2.24, 2.45) is 5.92 Å². The van der Waals surface area contributed by atoms with Gasteiger partial charge < -0.3 is 9.64 Å². The van der Waals surface area contributed by atoms with E-state index in [0.29, 0.717) is 13.0 Å². The average molecular weight is 416 g/mol. The third-order valence-electron chi connectivity index (χ3n) is 5.02. The molecular weight excluding hydrogens is 382 g/mol. The van der Waals surface area contributed by atoms with Crippen molar-refractivity contribution in [2.45, 2.75) is 64.8 Å². The van der Waals surface area contributed by atoms with E-state index in [9.17, 15) is 14.4 Å². The van der Waals surface area contributed by atoms with Crippen LogP contribution < -0.4 is 5.43 Å². The summed E-state index contributed by atoms with van der Waals surface area (Å²) in [5.74, 6) is -0.932. The summed E-state index contributed by atoms with van der Waals surface area (Å²) in [5.41, 5.74) is 3.13. The number of ether oxygens (including phenoxy) is 1. The largest absolute Gasteiger partial charge is 0.459 e. The Morgan fingerprint density at radius 1 is 1.27 bits per heavy atom. The molecule has 0 radical (unpaired) electrons. The molecule has 7 nitrogen and oxygen atoms in total. The first-order chi connectivity index (χ1) is 14.0. The fourth-order valence-electron chi connectivity index (χ4n) is 3.67. The minimum Gasteiger partial charge on any atom is -0.459 e. The predicted octanol–water partition coefficient (Wildman–Crippen LogP) is 2.67. The van der Waals surface area contributed by atoms with Gasteiger partial charge >= 0.3 is 5.97 Å². The number of hydrazine groups is 1. The first kappa shape index (κ1) is 23.6. The Morgan fingerprint density at radius 2 is 1.90 bits per heavy atom. The topological polar surface area (TPSA) is 79.0 Å². The van der Waals surface area contributed by atoms with E-state index in [2.05, 4.69) is 12.0 Å². The average Bonchev–Trinajstić information content (AvgIpc) is 2.98. The molecule has 1 aromatic rings. The summed E-state index contributed by atoms with van der Waals surface area (Å²) < 4.78 is 5.54. The fraction of sp³-hybridized carbons (Fsp3) is 0.522. The minimum atomic E-state index is -0.673. The summed E-state index contributed by atoms with van der Waals surface area (Å²) in [6.07, 6.45) is 2.33. The molecular formula is C23H33N3O4. The van der Waals surface area contributed by atoms with Crippen LogP contribution >= 0.6 is 0 Å². The lowest BCUT2D eigenvalue weighted by Gasteiger charge is -2.32. The van der Waals surface area contributed by atoms with Crippen LogP contribution in [0.2, 0.25) is 0 Å². The molecule has 1 heterocycles. The van der Waals surface area contributed by atoms with Crippen LogP contribution in [0.3, 0.4) is 0 Å². The number of nitrogens with zero attached hydrogens (tertiary/aromatic N) is 2. The Morgan fingerprint density at radius 3 is 2.43 bits per heavy atom. The summed E-state index contributed by atoms with van der Waals surface area (Å²) in [5, 5.41) is 1.58. The van der Waals surface area contributed by atoms with E-state index in [1.165, 1.54) is 6.92 Å². The van der Waals surface area contributed by atoms with Crippen LogP contribution in [-0.4, -0.2) is 52.4 Å². The van der Waals surface area contributed by atoms with Crippen molar-refractivity contribution in [2.75, 3.05) is 7.05 Å². The second kappa shape index (κ2) is 9.89. The number of carbonyl (C=O) groups excluding carboxylic acids is 3. The highest BCUT2D eigenvalue weighted by molar-refractivity contribution is 5.80. The summed E-state index contributed by atoms with van der Waals surface area (Å²) in [6, 6.07) is 8.68. The molecule has 164 valence electrons. The highest BCUT2D eigenvalue weighted by Gasteiger charge is 2.46. The van der Waals surface area contributed by atoms with E-state index >= 15 is 0 Å². The third-order valence-corrected chi connectivity index (χ3v) is 5.02. The van der Waals surface area contributed by atoms with Crippen molar-refractivity contribution in [1.29, 1.82) is 0 Å². The van der Waals surface area contributed by atoms with Gasteiger partial charge in [0.15, 0.2) is 0 Å². The van der Waals surface area contributed by atoms with Gasteiger partial charge in [-0.25, -0.2) is 5.01 Å². The zero-order valence-corrected chi connectivity index (χ0v) is 18.6. The molecule has 3 atom stereocenters. The van der Waals surface area contributed by atoms with Crippen molar-refractivity contribution in [3.8, 4) is 0 Å². The quantitative estimate of drug-likeness (QED) is 0.547.